The number of nitrogens with zero attached hydrogens (tertiary/aromatic N) is 2. The van der Waals surface area contributed by atoms with Gasteiger partial charge in [-0.15, -0.1) is 0 Å². The van der Waals surface area contributed by atoms with Crippen LogP contribution < -0.4 is 5.32 Å². The number of hydrogen-bond donors (Lipinski definition) is 1. The highest BCUT2D eigenvalue weighted by Crippen LogP contribution is 2.21. The summed E-state index contributed by atoms with van der Waals surface area (Å²) in [5, 5.41) is 2.76. The second kappa shape index (κ2) is 8.51. The molecule has 1 aliphatic rings. The lowest BCUT2D eigenvalue weighted by molar-refractivity contribution is 0.0730. The smallest absolute Gasteiger partial charge is 0.321 e. The molecule has 7 nitrogen and oxygen atoms in total. The minimum atomic E-state index is -3.60. The Bertz CT molecular complexity index is 881. The fourth-order valence-corrected chi connectivity index (χ4v) is 4.27. The number of hydrogen-bond acceptors (Lipinski definition) is 4. The Morgan fingerprint density at radius 1 is 1.11 bits per heavy atom. The summed E-state index contributed by atoms with van der Waals surface area (Å²) in [6.07, 6.45) is 0. The lowest BCUT2D eigenvalue weighted by atomic mass is 10.2. The molecule has 2 aromatic carbocycles. The Hall–Kier alpha value is -2.42. The molecule has 8 heteroatoms. The average Bonchev–Trinajstić information content (AvgIpc) is 2.69. The highest BCUT2D eigenvalue weighted by Gasteiger charge is 2.26. The van der Waals surface area contributed by atoms with Gasteiger partial charge in [-0.2, -0.15) is 4.31 Å². The first-order valence-corrected chi connectivity index (χ1v) is 10.1. The number of sulfonamides is 1. The zero-order valence-electron chi connectivity index (χ0n) is 15.2. The van der Waals surface area contributed by atoms with E-state index in [0.717, 1.165) is 5.56 Å². The number of carbonyl (C=O) groups is 1. The Morgan fingerprint density at radius 3 is 2.52 bits per heavy atom. The molecule has 0 spiro atoms. The summed E-state index contributed by atoms with van der Waals surface area (Å²) in [5.41, 5.74) is 1.45. The molecular formula is C19H23N3O4S. The molecule has 0 aliphatic carbocycles. The summed E-state index contributed by atoms with van der Waals surface area (Å²) in [6, 6.07) is 15.7. The van der Waals surface area contributed by atoms with E-state index in [1.807, 2.05) is 30.3 Å². The number of ether oxygens (including phenoxy) is 1. The van der Waals surface area contributed by atoms with E-state index in [9.17, 15) is 13.2 Å². The van der Waals surface area contributed by atoms with Crippen molar-refractivity contribution in [2.24, 2.45) is 0 Å². The molecule has 2 aromatic rings. The van der Waals surface area contributed by atoms with Crippen LogP contribution in [0.15, 0.2) is 59.5 Å². The Kier molecular flexibility index (Phi) is 6.10. The molecule has 1 N–H and O–H groups in total. The van der Waals surface area contributed by atoms with Crippen LogP contribution in [0.25, 0.3) is 0 Å². The standard InChI is InChI=1S/C19H23N3O4S/c1-21(15-16-6-3-2-4-7-16)19(23)20-17-8-5-9-18(14-17)27(24,25)22-10-12-26-13-11-22/h2-9,14H,10-13,15H2,1H3,(H,20,23). The number of urea groups is 1. The summed E-state index contributed by atoms with van der Waals surface area (Å²) in [7, 11) is -1.91. The molecule has 2 amide bonds. The van der Waals surface area contributed by atoms with Crippen LogP contribution in [-0.2, 0) is 21.3 Å². The third-order valence-electron chi connectivity index (χ3n) is 4.30. The molecule has 0 unspecified atom stereocenters. The van der Waals surface area contributed by atoms with E-state index < -0.39 is 10.0 Å². The topological polar surface area (TPSA) is 79.0 Å². The van der Waals surface area contributed by atoms with Gasteiger partial charge in [0.25, 0.3) is 0 Å². The zero-order chi connectivity index (χ0) is 19.3. The quantitative estimate of drug-likeness (QED) is 0.852. The number of morpholine rings is 1. The molecule has 27 heavy (non-hydrogen) atoms. The van der Waals surface area contributed by atoms with Crippen LogP contribution in [-0.4, -0.2) is 57.0 Å². The van der Waals surface area contributed by atoms with Crippen molar-refractivity contribution >= 4 is 21.7 Å². The van der Waals surface area contributed by atoms with E-state index in [0.29, 0.717) is 38.5 Å². The average molecular weight is 389 g/mol. The van der Waals surface area contributed by atoms with Crippen LogP contribution in [0, 0.1) is 0 Å². The van der Waals surface area contributed by atoms with Crippen LogP contribution in [0.4, 0.5) is 10.5 Å². The fraction of sp³-hybridized carbons (Fsp3) is 0.316. The molecule has 3 rings (SSSR count). The first kappa shape index (κ1) is 19.3. The van der Waals surface area contributed by atoms with Gasteiger partial charge in [0, 0.05) is 32.4 Å². The number of rotatable bonds is 5. The third kappa shape index (κ3) is 4.85. The first-order valence-electron chi connectivity index (χ1n) is 8.71. The Labute approximate surface area is 159 Å². The first-order chi connectivity index (χ1) is 13.0. The van der Waals surface area contributed by atoms with Gasteiger partial charge in [0.2, 0.25) is 10.0 Å². The van der Waals surface area contributed by atoms with Crippen LogP contribution in [0.1, 0.15) is 5.56 Å². The minimum absolute atomic E-state index is 0.160. The second-order valence-corrected chi connectivity index (χ2v) is 8.25. The normalized spacial score (nSPS) is 15.3. The molecule has 1 aliphatic heterocycles. The fourth-order valence-electron chi connectivity index (χ4n) is 2.82. The largest absolute Gasteiger partial charge is 0.379 e. The van der Waals surface area contributed by atoms with Gasteiger partial charge < -0.3 is 15.0 Å². The van der Waals surface area contributed by atoms with Gasteiger partial charge in [0.15, 0.2) is 0 Å². The van der Waals surface area contributed by atoms with Gasteiger partial charge in [-0.1, -0.05) is 36.4 Å². The number of amides is 2. The Balaban J connectivity index is 1.69. The van der Waals surface area contributed by atoms with Crippen molar-refractivity contribution in [3.05, 3.63) is 60.2 Å². The molecule has 1 heterocycles. The number of benzene rings is 2. The van der Waals surface area contributed by atoms with Gasteiger partial charge in [0.1, 0.15) is 0 Å². The van der Waals surface area contributed by atoms with Crippen LogP contribution in [0.5, 0.6) is 0 Å². The molecule has 1 fully saturated rings. The van der Waals surface area contributed by atoms with E-state index in [4.69, 9.17) is 4.74 Å². The molecule has 0 bridgehead atoms. The highest BCUT2D eigenvalue weighted by molar-refractivity contribution is 7.89. The summed E-state index contributed by atoms with van der Waals surface area (Å²) >= 11 is 0. The maximum atomic E-state index is 12.7. The lowest BCUT2D eigenvalue weighted by Gasteiger charge is -2.26. The van der Waals surface area contributed by atoms with Gasteiger partial charge in [-0.3, -0.25) is 0 Å². The van der Waals surface area contributed by atoms with E-state index in [1.54, 1.807) is 24.1 Å². The minimum Gasteiger partial charge on any atom is -0.379 e. The van der Waals surface area contributed by atoms with Gasteiger partial charge >= 0.3 is 6.03 Å². The van der Waals surface area contributed by atoms with Crippen molar-refractivity contribution in [2.75, 3.05) is 38.7 Å². The van der Waals surface area contributed by atoms with Crippen molar-refractivity contribution in [1.82, 2.24) is 9.21 Å². The molecule has 144 valence electrons. The summed E-state index contributed by atoms with van der Waals surface area (Å²) in [4.78, 5) is 14.1. The summed E-state index contributed by atoms with van der Waals surface area (Å²) in [6.45, 7) is 1.90. The van der Waals surface area contributed by atoms with Crippen molar-refractivity contribution in [3.8, 4) is 0 Å². The van der Waals surface area contributed by atoms with Gasteiger partial charge in [-0.25, -0.2) is 13.2 Å². The summed E-state index contributed by atoms with van der Waals surface area (Å²) in [5.74, 6) is 0. The van der Waals surface area contributed by atoms with Crippen molar-refractivity contribution in [2.45, 2.75) is 11.4 Å². The van der Waals surface area contributed by atoms with Crippen LogP contribution >= 0.6 is 0 Å². The molecule has 0 aromatic heterocycles. The predicted octanol–water partition coefficient (Wildman–Crippen LogP) is 2.37. The van der Waals surface area contributed by atoms with E-state index >= 15 is 0 Å². The third-order valence-corrected chi connectivity index (χ3v) is 6.20. The molecule has 1 saturated heterocycles. The zero-order valence-corrected chi connectivity index (χ0v) is 16.0. The SMILES string of the molecule is CN(Cc1ccccc1)C(=O)Nc1cccc(S(=O)(=O)N2CCOCC2)c1. The van der Waals surface area contributed by atoms with Gasteiger partial charge in [-0.05, 0) is 23.8 Å². The van der Waals surface area contributed by atoms with Gasteiger partial charge in [0.05, 0.1) is 18.1 Å². The van der Waals surface area contributed by atoms with Crippen LogP contribution in [0.3, 0.4) is 0 Å². The van der Waals surface area contributed by atoms with E-state index in [2.05, 4.69) is 5.32 Å². The predicted molar refractivity (Wildman–Crippen MR) is 103 cm³/mol. The van der Waals surface area contributed by atoms with E-state index in [-0.39, 0.29) is 10.9 Å². The molecular weight excluding hydrogens is 366 g/mol. The van der Waals surface area contributed by atoms with Crippen molar-refractivity contribution in [1.29, 1.82) is 0 Å². The maximum absolute atomic E-state index is 12.7. The molecule has 0 atom stereocenters. The molecule has 0 radical (unpaired) electrons. The monoisotopic (exact) mass is 389 g/mol. The van der Waals surface area contributed by atoms with Crippen molar-refractivity contribution in [3.63, 3.8) is 0 Å². The maximum Gasteiger partial charge on any atom is 0.321 e. The summed E-state index contributed by atoms with van der Waals surface area (Å²) < 4.78 is 32.1. The van der Waals surface area contributed by atoms with Crippen molar-refractivity contribution < 1.29 is 17.9 Å². The number of carbonyl (C=O) groups excluding carboxylic acids is 1. The lowest BCUT2D eigenvalue weighted by Crippen LogP contribution is -2.40. The molecule has 0 saturated carbocycles. The van der Waals surface area contributed by atoms with Crippen LogP contribution in [0.2, 0.25) is 0 Å². The number of nitrogens with one attached hydrogen (secondary N) is 1. The highest BCUT2D eigenvalue weighted by atomic mass is 32.2. The number of anilines is 1. The Morgan fingerprint density at radius 2 is 1.81 bits per heavy atom. The van der Waals surface area contributed by atoms with E-state index in [1.165, 1.54) is 16.4 Å². The second-order valence-electron chi connectivity index (χ2n) is 6.32.